The molecule has 0 aliphatic heterocycles. The number of aromatic nitrogens is 2. The smallest absolute Gasteiger partial charge is 0.192 e. The van der Waals surface area contributed by atoms with Crippen LogP contribution in [-0.4, -0.2) is 30.3 Å². The van der Waals surface area contributed by atoms with Crippen molar-refractivity contribution >= 4 is 26.6 Å². The van der Waals surface area contributed by atoms with Crippen molar-refractivity contribution in [1.29, 1.82) is 0 Å². The third kappa shape index (κ3) is 2.77. The number of nitrogens with zero attached hydrogens (tertiary/aromatic N) is 3. The molecule has 1 aromatic heterocycles. The van der Waals surface area contributed by atoms with Crippen LogP contribution in [0.4, 0.5) is 0 Å². The van der Waals surface area contributed by atoms with Gasteiger partial charge < -0.3 is 5.73 Å². The molecular formula is C13H14N4O2S. The Kier molecular flexibility index (Phi) is 3.71. The Balaban J connectivity index is 2.60. The molecule has 2 aromatic rings. The molecule has 104 valence electrons. The van der Waals surface area contributed by atoms with Crippen LogP contribution in [0.1, 0.15) is 0 Å². The van der Waals surface area contributed by atoms with E-state index >= 15 is 0 Å². The van der Waals surface area contributed by atoms with Crippen molar-refractivity contribution in [2.45, 2.75) is 0 Å². The lowest BCUT2D eigenvalue weighted by molar-refractivity contribution is 0.607. The zero-order valence-electron chi connectivity index (χ0n) is 10.9. The number of para-hydroxylation sites is 1. The number of sulfone groups is 1. The van der Waals surface area contributed by atoms with Crippen LogP contribution in [0, 0.1) is 0 Å². The van der Waals surface area contributed by atoms with Gasteiger partial charge in [-0.2, -0.15) is 5.10 Å². The molecule has 0 bridgehead atoms. The van der Waals surface area contributed by atoms with Crippen molar-refractivity contribution in [2.75, 3.05) is 6.26 Å². The second kappa shape index (κ2) is 5.30. The summed E-state index contributed by atoms with van der Waals surface area (Å²) in [5.41, 5.74) is 6.18. The van der Waals surface area contributed by atoms with Gasteiger partial charge in [-0.1, -0.05) is 24.8 Å². The lowest BCUT2D eigenvalue weighted by Gasteiger charge is -2.04. The molecule has 0 fully saturated rings. The predicted octanol–water partition coefficient (Wildman–Crippen LogP) is 1.27. The summed E-state index contributed by atoms with van der Waals surface area (Å²) >= 11 is 0. The average molecular weight is 290 g/mol. The van der Waals surface area contributed by atoms with Crippen LogP contribution in [-0.2, 0) is 9.84 Å². The minimum absolute atomic E-state index is 0.245. The molecule has 0 unspecified atom stereocenters. The maximum absolute atomic E-state index is 11.4. The Morgan fingerprint density at radius 3 is 2.80 bits per heavy atom. The molecule has 2 rings (SSSR count). The van der Waals surface area contributed by atoms with E-state index in [0.717, 1.165) is 17.2 Å². The van der Waals surface area contributed by atoms with Gasteiger partial charge in [0.2, 0.25) is 0 Å². The highest BCUT2D eigenvalue weighted by Crippen LogP contribution is 2.14. The lowest BCUT2D eigenvalue weighted by atomic mass is 10.2. The molecule has 0 amide bonds. The van der Waals surface area contributed by atoms with Gasteiger partial charge in [-0.15, -0.1) is 0 Å². The standard InChI is InChI=1S/C13H14N4O2S/c1-10(20(2,18)19)16-13(7-8-14)17-12-6-4-3-5-11(12)9-15-17/h3-9H,1,14H2,2H3/b8-7-,16-13?. The van der Waals surface area contributed by atoms with E-state index in [2.05, 4.69) is 16.7 Å². The summed E-state index contributed by atoms with van der Waals surface area (Å²) in [5, 5.41) is 4.86. The van der Waals surface area contributed by atoms with Crippen molar-refractivity contribution < 1.29 is 8.42 Å². The van der Waals surface area contributed by atoms with Crippen molar-refractivity contribution in [3.05, 3.63) is 54.3 Å². The Hall–Kier alpha value is -2.41. The second-order valence-electron chi connectivity index (χ2n) is 4.11. The Morgan fingerprint density at radius 2 is 2.15 bits per heavy atom. The van der Waals surface area contributed by atoms with Gasteiger partial charge in [-0.25, -0.2) is 18.1 Å². The normalized spacial score (nSPS) is 13.2. The van der Waals surface area contributed by atoms with E-state index in [9.17, 15) is 8.42 Å². The van der Waals surface area contributed by atoms with Crippen molar-refractivity contribution in [2.24, 2.45) is 10.7 Å². The van der Waals surface area contributed by atoms with Gasteiger partial charge in [0.15, 0.2) is 15.7 Å². The van der Waals surface area contributed by atoms with Gasteiger partial charge in [-0.3, -0.25) is 0 Å². The van der Waals surface area contributed by atoms with Crippen molar-refractivity contribution in [3.63, 3.8) is 0 Å². The van der Waals surface area contributed by atoms with Gasteiger partial charge in [0, 0.05) is 11.6 Å². The summed E-state index contributed by atoms with van der Waals surface area (Å²) in [4.78, 5) is 4.00. The number of hydrogen-bond donors (Lipinski definition) is 1. The summed E-state index contributed by atoms with van der Waals surface area (Å²) in [6.45, 7) is 3.45. The fourth-order valence-corrected chi connectivity index (χ4v) is 1.87. The molecule has 0 aliphatic rings. The van der Waals surface area contributed by atoms with E-state index in [1.807, 2.05) is 24.3 Å². The first kappa shape index (κ1) is 14.0. The van der Waals surface area contributed by atoms with Gasteiger partial charge >= 0.3 is 0 Å². The number of allylic oxidation sites excluding steroid dienone is 1. The molecule has 0 aliphatic carbocycles. The highest BCUT2D eigenvalue weighted by atomic mass is 32.2. The maximum Gasteiger partial charge on any atom is 0.192 e. The van der Waals surface area contributed by atoms with Crippen LogP contribution in [0.25, 0.3) is 10.9 Å². The molecule has 0 radical (unpaired) electrons. The van der Waals surface area contributed by atoms with E-state index in [1.54, 1.807) is 6.20 Å². The summed E-state index contributed by atoms with van der Waals surface area (Å²) in [7, 11) is -3.46. The number of rotatable bonds is 3. The molecule has 0 saturated carbocycles. The number of fused-ring (bicyclic) bond motifs is 1. The molecule has 20 heavy (non-hydrogen) atoms. The highest BCUT2D eigenvalue weighted by molar-refractivity contribution is 7.94. The van der Waals surface area contributed by atoms with Crippen LogP contribution in [0.5, 0.6) is 0 Å². The summed E-state index contributed by atoms with van der Waals surface area (Å²) in [6, 6.07) is 7.49. The zero-order valence-corrected chi connectivity index (χ0v) is 11.7. The molecule has 0 atom stereocenters. The van der Waals surface area contributed by atoms with Gasteiger partial charge in [0.25, 0.3) is 0 Å². The van der Waals surface area contributed by atoms with Crippen LogP contribution < -0.4 is 5.73 Å². The van der Waals surface area contributed by atoms with E-state index in [0.29, 0.717) is 0 Å². The third-order valence-corrected chi connectivity index (χ3v) is 3.55. The van der Waals surface area contributed by atoms with E-state index in [1.165, 1.54) is 17.0 Å². The molecular weight excluding hydrogens is 276 g/mol. The largest absolute Gasteiger partial charge is 0.404 e. The first-order valence-electron chi connectivity index (χ1n) is 5.72. The van der Waals surface area contributed by atoms with E-state index in [-0.39, 0.29) is 10.9 Å². The topological polar surface area (TPSA) is 90.3 Å². The molecule has 1 heterocycles. The quantitative estimate of drug-likeness (QED) is 0.681. The fourth-order valence-electron chi connectivity index (χ4n) is 1.61. The predicted molar refractivity (Wildman–Crippen MR) is 79.9 cm³/mol. The van der Waals surface area contributed by atoms with Crippen LogP contribution >= 0.6 is 0 Å². The van der Waals surface area contributed by atoms with Gasteiger partial charge in [0.05, 0.1) is 11.7 Å². The first-order chi connectivity index (χ1) is 9.43. The zero-order chi connectivity index (χ0) is 14.8. The summed E-state index contributed by atoms with van der Waals surface area (Å²) in [5.74, 6) is 0.282. The molecule has 0 saturated heterocycles. The maximum atomic E-state index is 11.4. The lowest BCUT2D eigenvalue weighted by Crippen LogP contribution is -2.13. The number of benzene rings is 1. The van der Waals surface area contributed by atoms with Crippen LogP contribution in [0.2, 0.25) is 0 Å². The van der Waals surface area contributed by atoms with Crippen molar-refractivity contribution in [3.8, 4) is 0 Å². The highest BCUT2D eigenvalue weighted by Gasteiger charge is 2.11. The molecule has 6 nitrogen and oxygen atoms in total. The molecule has 2 N–H and O–H groups in total. The monoisotopic (exact) mass is 290 g/mol. The Bertz CT molecular complexity index is 816. The van der Waals surface area contributed by atoms with Crippen LogP contribution in [0.3, 0.4) is 0 Å². The molecule has 7 heteroatoms. The first-order valence-corrected chi connectivity index (χ1v) is 7.61. The summed E-state index contributed by atoms with van der Waals surface area (Å²) in [6.07, 6.45) is 5.45. The SMILES string of the molecule is C=C(N=C(/C=C\N)n1ncc2ccccc21)S(C)(=O)=O. The van der Waals surface area contributed by atoms with Crippen molar-refractivity contribution in [1.82, 2.24) is 9.78 Å². The molecule has 0 spiro atoms. The Labute approximate surface area is 116 Å². The van der Waals surface area contributed by atoms with Crippen LogP contribution in [0.15, 0.2) is 59.3 Å². The van der Waals surface area contributed by atoms with Gasteiger partial charge in [0.1, 0.15) is 5.03 Å². The number of hydrogen-bond acceptors (Lipinski definition) is 5. The van der Waals surface area contributed by atoms with Gasteiger partial charge in [-0.05, 0) is 18.3 Å². The fraction of sp³-hybridized carbons (Fsp3) is 0.0769. The second-order valence-corrected chi connectivity index (χ2v) is 6.13. The average Bonchev–Trinajstić information content (AvgIpc) is 2.80. The Morgan fingerprint density at radius 1 is 1.45 bits per heavy atom. The molecule has 1 aromatic carbocycles. The number of nitrogens with two attached hydrogens (primary N) is 1. The minimum atomic E-state index is -3.46. The minimum Gasteiger partial charge on any atom is -0.404 e. The number of aliphatic imine (C=N–C) groups is 1. The third-order valence-electron chi connectivity index (χ3n) is 2.61. The van der Waals surface area contributed by atoms with E-state index in [4.69, 9.17) is 5.73 Å². The summed E-state index contributed by atoms with van der Waals surface area (Å²) < 4.78 is 24.3. The van der Waals surface area contributed by atoms with E-state index < -0.39 is 9.84 Å².